The molecule has 3 aliphatic rings. The molecule has 0 bridgehead atoms. The maximum atomic E-state index is 13.0. The number of methoxy groups -OCH3 is 1. The molecule has 0 spiro atoms. The van der Waals surface area contributed by atoms with E-state index in [1.807, 2.05) is 43.3 Å². The molecule has 1 saturated heterocycles. The van der Waals surface area contributed by atoms with E-state index in [2.05, 4.69) is 32.5 Å². The molecule has 0 saturated carbocycles. The van der Waals surface area contributed by atoms with Gasteiger partial charge >= 0.3 is 0 Å². The minimum absolute atomic E-state index is 0.0962. The number of hydrogen-bond donors (Lipinski definition) is 5. The summed E-state index contributed by atoms with van der Waals surface area (Å²) in [6, 6.07) is 13.8. The number of rotatable bonds is 8. The van der Waals surface area contributed by atoms with Gasteiger partial charge in [0.05, 0.1) is 29.1 Å². The average Bonchev–Trinajstić information content (AvgIpc) is 3.63. The first-order valence-corrected chi connectivity index (χ1v) is 15.1. The Kier molecular flexibility index (Phi) is 8.40. The maximum Gasteiger partial charge on any atom is 0.256 e. The molecule has 0 radical (unpaired) electrons. The predicted octanol–water partition coefficient (Wildman–Crippen LogP) is 4.40. The van der Waals surface area contributed by atoms with Crippen LogP contribution in [0.15, 0.2) is 59.2 Å². The molecule has 228 valence electrons. The van der Waals surface area contributed by atoms with E-state index in [-0.39, 0.29) is 23.6 Å². The number of aromatic nitrogens is 1. The summed E-state index contributed by atoms with van der Waals surface area (Å²) in [6.45, 7) is 4.37. The van der Waals surface area contributed by atoms with Gasteiger partial charge in [0.1, 0.15) is 0 Å². The number of hydrogen-bond acceptors (Lipinski definition) is 8. The van der Waals surface area contributed by atoms with Gasteiger partial charge in [-0.3, -0.25) is 15.0 Å². The Labute approximate surface area is 260 Å². The molecule has 6 rings (SSSR count). The van der Waals surface area contributed by atoms with E-state index in [1.165, 1.54) is 0 Å². The van der Waals surface area contributed by atoms with Crippen molar-refractivity contribution in [3.63, 3.8) is 0 Å². The molecular formula is C33H35ClN6O4. The molecule has 11 heteroatoms. The lowest BCUT2D eigenvalue weighted by Gasteiger charge is -2.20. The van der Waals surface area contributed by atoms with Gasteiger partial charge < -0.3 is 25.8 Å². The Morgan fingerprint density at radius 1 is 1.11 bits per heavy atom. The summed E-state index contributed by atoms with van der Waals surface area (Å²) in [7, 11) is 1.63. The molecule has 3 aromatic rings. The number of amides is 2. The summed E-state index contributed by atoms with van der Waals surface area (Å²) in [6.07, 6.45) is 3.58. The normalized spacial score (nSPS) is 20.8. The van der Waals surface area contributed by atoms with Gasteiger partial charge in [0.15, 0.2) is 6.23 Å². The number of nitrogens with zero attached hydrogens (tertiary/aromatic N) is 2. The number of carbonyl (C=O) groups excluding carboxylic acids is 2. The summed E-state index contributed by atoms with van der Waals surface area (Å²) in [5.41, 5.74) is 10.1. The van der Waals surface area contributed by atoms with Gasteiger partial charge in [0.25, 0.3) is 5.91 Å². The number of pyridine rings is 1. The summed E-state index contributed by atoms with van der Waals surface area (Å²) < 4.78 is 5.79. The minimum atomic E-state index is -1.19. The van der Waals surface area contributed by atoms with E-state index in [0.29, 0.717) is 35.3 Å². The molecule has 44 heavy (non-hydrogen) atoms. The van der Waals surface area contributed by atoms with Crippen LogP contribution in [-0.4, -0.2) is 53.5 Å². The van der Waals surface area contributed by atoms with E-state index in [0.717, 1.165) is 58.3 Å². The van der Waals surface area contributed by atoms with Crippen molar-refractivity contribution >= 4 is 34.8 Å². The van der Waals surface area contributed by atoms with Crippen LogP contribution in [0.3, 0.4) is 0 Å². The topological polar surface area (TPSA) is 137 Å². The third-order valence-electron chi connectivity index (χ3n) is 8.48. The Balaban J connectivity index is 1.27. The lowest BCUT2D eigenvalue weighted by Crippen LogP contribution is -2.36. The molecule has 2 aliphatic heterocycles. The molecular weight excluding hydrogens is 580 g/mol. The second-order valence-electron chi connectivity index (χ2n) is 11.4. The van der Waals surface area contributed by atoms with Crippen molar-refractivity contribution in [3.8, 4) is 28.3 Å². The van der Waals surface area contributed by atoms with Crippen LogP contribution in [0.25, 0.3) is 22.4 Å². The van der Waals surface area contributed by atoms with Crippen LogP contribution in [0.4, 0.5) is 5.69 Å². The number of hydrazone groups is 1. The first-order valence-electron chi connectivity index (χ1n) is 14.7. The predicted molar refractivity (Wildman–Crippen MR) is 171 cm³/mol. The van der Waals surface area contributed by atoms with Crippen LogP contribution >= 0.6 is 11.6 Å². The van der Waals surface area contributed by atoms with Gasteiger partial charge in [0, 0.05) is 47.4 Å². The molecule has 1 fully saturated rings. The number of fused-ring (bicyclic) bond motifs is 1. The quantitative estimate of drug-likeness (QED) is 0.254. The number of aryl methyl sites for hydroxylation is 1. The highest BCUT2D eigenvalue weighted by atomic mass is 35.5. The number of aliphatic hydroxyl groups is 1. The number of benzene rings is 2. The van der Waals surface area contributed by atoms with E-state index in [1.54, 1.807) is 20.1 Å². The van der Waals surface area contributed by atoms with E-state index in [9.17, 15) is 14.7 Å². The minimum Gasteiger partial charge on any atom is -0.481 e. The van der Waals surface area contributed by atoms with Gasteiger partial charge in [-0.25, -0.2) is 4.98 Å². The summed E-state index contributed by atoms with van der Waals surface area (Å²) >= 11 is 7.10. The van der Waals surface area contributed by atoms with Crippen molar-refractivity contribution in [3.05, 3.63) is 75.8 Å². The fourth-order valence-electron chi connectivity index (χ4n) is 6.17. The van der Waals surface area contributed by atoms with Crippen molar-refractivity contribution in [2.45, 2.75) is 57.8 Å². The van der Waals surface area contributed by atoms with Gasteiger partial charge in [-0.1, -0.05) is 41.9 Å². The van der Waals surface area contributed by atoms with Crippen molar-refractivity contribution < 1.29 is 19.4 Å². The molecule has 5 N–H and O–H groups in total. The van der Waals surface area contributed by atoms with Crippen molar-refractivity contribution in [1.29, 1.82) is 0 Å². The fraction of sp³-hybridized carbons (Fsp3) is 0.333. The molecule has 1 aliphatic carbocycles. The second-order valence-corrected chi connectivity index (χ2v) is 11.8. The van der Waals surface area contributed by atoms with Gasteiger partial charge in [-0.2, -0.15) is 5.10 Å². The largest absolute Gasteiger partial charge is 0.481 e. The monoisotopic (exact) mass is 614 g/mol. The Morgan fingerprint density at radius 2 is 1.89 bits per heavy atom. The van der Waals surface area contributed by atoms with E-state index in [4.69, 9.17) is 21.3 Å². The molecule has 3 atom stereocenters. The third kappa shape index (κ3) is 5.80. The van der Waals surface area contributed by atoms with Crippen molar-refractivity contribution in [2.75, 3.05) is 19.0 Å². The summed E-state index contributed by atoms with van der Waals surface area (Å²) in [5, 5.41) is 24.2. The van der Waals surface area contributed by atoms with Gasteiger partial charge in [-0.05, 0) is 68.0 Å². The molecule has 10 nitrogen and oxygen atoms in total. The van der Waals surface area contributed by atoms with Crippen molar-refractivity contribution in [2.24, 2.45) is 5.10 Å². The lowest BCUT2D eigenvalue weighted by atomic mass is 9.96. The van der Waals surface area contributed by atoms with Crippen LogP contribution in [0.1, 0.15) is 48.9 Å². The number of allylic oxidation sites excluding steroid dienone is 1. The number of nitrogens with one attached hydrogen (secondary N) is 4. The number of halogens is 1. The zero-order valence-corrected chi connectivity index (χ0v) is 25.6. The van der Waals surface area contributed by atoms with Crippen LogP contribution in [0, 0.1) is 6.92 Å². The molecule has 2 aromatic carbocycles. The van der Waals surface area contributed by atoms with Crippen LogP contribution in [0.5, 0.6) is 5.88 Å². The first-order chi connectivity index (χ1) is 21.2. The lowest BCUT2D eigenvalue weighted by molar-refractivity contribution is -0.119. The summed E-state index contributed by atoms with van der Waals surface area (Å²) in [4.78, 5) is 29.5. The highest BCUT2D eigenvalue weighted by molar-refractivity contribution is 6.36. The van der Waals surface area contributed by atoms with Gasteiger partial charge in [0.2, 0.25) is 11.8 Å². The van der Waals surface area contributed by atoms with Crippen molar-refractivity contribution in [1.82, 2.24) is 21.0 Å². The van der Waals surface area contributed by atoms with E-state index >= 15 is 0 Å². The van der Waals surface area contributed by atoms with Crippen LogP contribution in [-0.2, 0) is 16.0 Å². The Morgan fingerprint density at radius 3 is 2.66 bits per heavy atom. The third-order valence-corrected chi connectivity index (χ3v) is 8.89. The second kappa shape index (κ2) is 12.4. The van der Waals surface area contributed by atoms with Gasteiger partial charge in [-0.15, -0.1) is 0 Å². The highest BCUT2D eigenvalue weighted by Crippen LogP contribution is 2.43. The zero-order valence-electron chi connectivity index (χ0n) is 24.8. The number of aliphatic hydroxyl groups excluding tert-OH is 1. The molecule has 1 aromatic heterocycles. The summed E-state index contributed by atoms with van der Waals surface area (Å²) in [5.74, 6) is 0.257. The Bertz CT molecular complexity index is 1700. The van der Waals surface area contributed by atoms with E-state index < -0.39 is 12.1 Å². The number of carbonyl (C=O) groups is 2. The molecule has 1 unspecified atom stereocenters. The zero-order chi connectivity index (χ0) is 31.0. The van der Waals surface area contributed by atoms with Crippen LogP contribution < -0.4 is 26.1 Å². The molecule has 2 amide bonds. The first kappa shape index (κ1) is 29.8. The standard InChI is InChI=1S/C33H35ClN6O4/c1-17-14-24(32(43)40-39-17)31(42)37-25-9-5-6-21(18(25)2)22-7-4-8-23(30(22)34)27-15-19-10-12-26(29(19)33(38-27)44-3)35-16-20-11-13-28(41)36-20/h4-9,14-15,20,26,32,35,40,43H,10-13,16H2,1-3H3,(H,36,41)(H,37,42)/t20-,26-,32?/m0/s1. The highest BCUT2D eigenvalue weighted by Gasteiger charge is 2.30. The average molecular weight is 615 g/mol. The maximum absolute atomic E-state index is 13.0. The smallest absolute Gasteiger partial charge is 0.256 e. The molecule has 3 heterocycles. The SMILES string of the molecule is COc1nc(-c2cccc(-c3cccc(NC(=O)C4=CC(C)=NNC4O)c3C)c2Cl)cc2c1[C@@H](NC[C@@H]1CCC(=O)N1)CC2. The number of anilines is 1. The Hall–Kier alpha value is -4.25. The van der Waals surface area contributed by atoms with Crippen LogP contribution in [0.2, 0.25) is 5.02 Å². The number of ether oxygens (including phenoxy) is 1. The fourth-order valence-corrected chi connectivity index (χ4v) is 6.50.